The predicted octanol–water partition coefficient (Wildman–Crippen LogP) is 3.27. The Morgan fingerprint density at radius 2 is 1.50 bits per heavy atom. The number of aromatic amines is 1. The summed E-state index contributed by atoms with van der Waals surface area (Å²) >= 11 is 0. The SMILES string of the molecule is C.C.CS(=O)(=O)Nc1ccccc1O.O=c1ccc2cccc(O)c2[nH]1. The van der Waals surface area contributed by atoms with E-state index >= 15 is 0 Å². The van der Waals surface area contributed by atoms with Gasteiger partial charge in [0.25, 0.3) is 0 Å². The molecule has 3 rings (SSSR count). The zero-order valence-electron chi connectivity index (χ0n) is 12.7. The van der Waals surface area contributed by atoms with Crippen molar-refractivity contribution in [2.24, 2.45) is 0 Å². The fraction of sp³-hybridized carbons (Fsp3) is 0.167. The fourth-order valence-electron chi connectivity index (χ4n) is 1.92. The van der Waals surface area contributed by atoms with E-state index in [1.165, 1.54) is 24.3 Å². The van der Waals surface area contributed by atoms with Crippen LogP contribution in [0.2, 0.25) is 0 Å². The van der Waals surface area contributed by atoms with E-state index in [1.54, 1.807) is 24.3 Å². The standard InChI is InChI=1S/C9H7NO2.C7H9NO3S.2CH4/c11-7-3-1-2-6-4-5-8(12)10-9(6)7;1-12(10,11)8-6-4-2-3-5-7(6)9;;/h1-5,11H,(H,10,12);2-5,8-9H,1H3;2*1H4. The summed E-state index contributed by atoms with van der Waals surface area (Å²) in [6.45, 7) is 0. The molecule has 1 heterocycles. The van der Waals surface area contributed by atoms with Gasteiger partial charge >= 0.3 is 0 Å². The molecule has 0 unspecified atom stereocenters. The quantitative estimate of drug-likeness (QED) is 0.509. The molecule has 142 valence electrons. The number of aromatic nitrogens is 1. The van der Waals surface area contributed by atoms with Gasteiger partial charge in [-0.25, -0.2) is 8.42 Å². The number of rotatable bonds is 2. The highest BCUT2D eigenvalue weighted by Gasteiger charge is 2.04. The number of benzene rings is 2. The minimum Gasteiger partial charge on any atom is -0.506 e. The largest absolute Gasteiger partial charge is 0.506 e. The normalized spacial score (nSPS) is 9.88. The number of pyridine rings is 1. The highest BCUT2D eigenvalue weighted by Crippen LogP contribution is 2.22. The molecule has 0 fully saturated rings. The molecular formula is C18H24N2O5S. The van der Waals surface area contributed by atoms with Crippen molar-refractivity contribution in [1.82, 2.24) is 4.98 Å². The lowest BCUT2D eigenvalue weighted by molar-refractivity contribution is 0.477. The van der Waals surface area contributed by atoms with E-state index in [1.807, 2.05) is 6.07 Å². The second-order valence-corrected chi connectivity index (χ2v) is 6.70. The topological polar surface area (TPSA) is 119 Å². The van der Waals surface area contributed by atoms with Crippen molar-refractivity contribution in [2.75, 3.05) is 11.0 Å². The van der Waals surface area contributed by atoms with Gasteiger partial charge in [-0.2, -0.15) is 0 Å². The lowest BCUT2D eigenvalue weighted by Gasteiger charge is -2.04. The number of H-pyrrole nitrogens is 1. The van der Waals surface area contributed by atoms with Gasteiger partial charge in [0.05, 0.1) is 17.5 Å². The number of fused-ring (bicyclic) bond motifs is 1. The molecule has 0 bridgehead atoms. The lowest BCUT2D eigenvalue weighted by Crippen LogP contribution is -2.09. The summed E-state index contributed by atoms with van der Waals surface area (Å²) in [4.78, 5) is 13.4. The smallest absolute Gasteiger partial charge is 0.248 e. The van der Waals surface area contributed by atoms with Crippen molar-refractivity contribution in [1.29, 1.82) is 0 Å². The summed E-state index contributed by atoms with van der Waals surface area (Å²) < 4.78 is 23.6. The molecule has 8 heteroatoms. The van der Waals surface area contributed by atoms with Crippen LogP contribution < -0.4 is 10.3 Å². The molecule has 0 saturated carbocycles. The molecule has 0 aliphatic carbocycles. The van der Waals surface area contributed by atoms with E-state index in [0.29, 0.717) is 5.52 Å². The Kier molecular flexibility index (Phi) is 8.38. The first kappa shape index (κ1) is 23.0. The Morgan fingerprint density at radius 3 is 2.12 bits per heavy atom. The summed E-state index contributed by atoms with van der Waals surface area (Å²) in [5.74, 6) is 0.0214. The van der Waals surface area contributed by atoms with Crippen molar-refractivity contribution in [3.63, 3.8) is 0 Å². The van der Waals surface area contributed by atoms with Crippen LogP contribution in [0.4, 0.5) is 5.69 Å². The monoisotopic (exact) mass is 380 g/mol. The Labute approximate surface area is 153 Å². The third-order valence-corrected chi connectivity index (χ3v) is 3.53. The molecule has 0 atom stereocenters. The van der Waals surface area contributed by atoms with E-state index < -0.39 is 10.0 Å². The first-order valence-corrected chi connectivity index (χ1v) is 8.72. The molecule has 0 radical (unpaired) electrons. The number of hydrogen-bond donors (Lipinski definition) is 4. The number of phenols is 2. The second-order valence-electron chi connectivity index (χ2n) is 4.96. The number of aromatic hydroxyl groups is 2. The molecule has 7 nitrogen and oxygen atoms in total. The summed E-state index contributed by atoms with van der Waals surface area (Å²) in [6.07, 6.45) is 1.03. The molecule has 4 N–H and O–H groups in total. The summed E-state index contributed by atoms with van der Waals surface area (Å²) in [5, 5.41) is 19.3. The van der Waals surface area contributed by atoms with Gasteiger partial charge in [0, 0.05) is 11.5 Å². The summed E-state index contributed by atoms with van der Waals surface area (Å²) in [7, 11) is -3.31. The average molecular weight is 380 g/mol. The van der Waals surface area contributed by atoms with Gasteiger partial charge in [-0.1, -0.05) is 39.1 Å². The van der Waals surface area contributed by atoms with E-state index in [-0.39, 0.29) is 37.6 Å². The Bertz CT molecular complexity index is 1010. The van der Waals surface area contributed by atoms with E-state index in [2.05, 4.69) is 9.71 Å². The molecular weight excluding hydrogens is 356 g/mol. The summed E-state index contributed by atoms with van der Waals surface area (Å²) in [6, 6.07) is 14.3. The van der Waals surface area contributed by atoms with Crippen LogP contribution in [0, 0.1) is 0 Å². The van der Waals surface area contributed by atoms with Crippen LogP contribution in [0.3, 0.4) is 0 Å². The van der Waals surface area contributed by atoms with Gasteiger partial charge in [-0.15, -0.1) is 0 Å². The maximum absolute atomic E-state index is 10.9. The van der Waals surface area contributed by atoms with Crippen LogP contribution in [0.25, 0.3) is 10.9 Å². The van der Waals surface area contributed by atoms with Crippen LogP contribution in [-0.2, 0) is 10.0 Å². The molecule has 26 heavy (non-hydrogen) atoms. The van der Waals surface area contributed by atoms with Crippen molar-refractivity contribution in [3.05, 3.63) is 65.0 Å². The average Bonchev–Trinajstić information content (AvgIpc) is 2.50. The number of anilines is 1. The molecule has 0 spiro atoms. The van der Waals surface area contributed by atoms with Crippen LogP contribution in [-0.4, -0.2) is 29.9 Å². The van der Waals surface area contributed by atoms with Crippen molar-refractivity contribution in [2.45, 2.75) is 14.9 Å². The van der Waals surface area contributed by atoms with Crippen molar-refractivity contribution in [3.8, 4) is 11.5 Å². The van der Waals surface area contributed by atoms with Crippen LogP contribution in [0.1, 0.15) is 14.9 Å². The van der Waals surface area contributed by atoms with Crippen molar-refractivity contribution < 1.29 is 18.6 Å². The lowest BCUT2D eigenvalue weighted by atomic mass is 10.2. The minimum atomic E-state index is -3.31. The first-order chi connectivity index (χ1) is 11.3. The first-order valence-electron chi connectivity index (χ1n) is 6.83. The van der Waals surface area contributed by atoms with Gasteiger partial charge in [-0.05, 0) is 24.3 Å². The molecule has 1 aromatic heterocycles. The molecule has 0 saturated heterocycles. The highest BCUT2D eigenvalue weighted by molar-refractivity contribution is 7.92. The maximum atomic E-state index is 10.9. The van der Waals surface area contributed by atoms with Gasteiger partial charge < -0.3 is 15.2 Å². The van der Waals surface area contributed by atoms with Crippen LogP contribution >= 0.6 is 0 Å². The zero-order chi connectivity index (χ0) is 17.7. The third-order valence-electron chi connectivity index (χ3n) is 2.94. The van der Waals surface area contributed by atoms with Gasteiger partial charge in [-0.3, -0.25) is 9.52 Å². The highest BCUT2D eigenvalue weighted by atomic mass is 32.2. The van der Waals surface area contributed by atoms with E-state index in [0.717, 1.165) is 11.6 Å². The minimum absolute atomic E-state index is 0. The second kappa shape index (κ2) is 9.47. The fourth-order valence-corrected chi connectivity index (χ4v) is 2.49. The zero-order valence-corrected chi connectivity index (χ0v) is 13.5. The Morgan fingerprint density at radius 1 is 0.885 bits per heavy atom. The number of hydrogen-bond acceptors (Lipinski definition) is 5. The molecule has 0 amide bonds. The molecule has 0 aliphatic rings. The van der Waals surface area contributed by atoms with Crippen LogP contribution in [0.5, 0.6) is 11.5 Å². The third kappa shape index (κ3) is 6.48. The van der Waals surface area contributed by atoms with Crippen LogP contribution in [0.15, 0.2) is 59.4 Å². The Balaban J connectivity index is 0.000000446. The van der Waals surface area contributed by atoms with Crippen molar-refractivity contribution >= 4 is 26.6 Å². The number of phenolic OH excluding ortho intramolecular Hbond substituents is 2. The molecule has 0 aliphatic heterocycles. The maximum Gasteiger partial charge on any atom is 0.248 e. The Hall–Kier alpha value is -3.00. The number of para-hydroxylation sites is 3. The van der Waals surface area contributed by atoms with Gasteiger partial charge in [0.15, 0.2) is 0 Å². The number of nitrogens with one attached hydrogen (secondary N) is 2. The van der Waals surface area contributed by atoms with Gasteiger partial charge in [0.2, 0.25) is 15.6 Å². The molecule has 3 aromatic rings. The molecule has 2 aromatic carbocycles. The predicted molar refractivity (Wildman–Crippen MR) is 106 cm³/mol. The number of sulfonamides is 1. The van der Waals surface area contributed by atoms with Gasteiger partial charge in [0.1, 0.15) is 11.5 Å². The van der Waals surface area contributed by atoms with E-state index in [9.17, 15) is 18.3 Å². The summed E-state index contributed by atoms with van der Waals surface area (Å²) in [5.41, 5.74) is 0.481. The van der Waals surface area contributed by atoms with E-state index in [4.69, 9.17) is 5.11 Å².